The fraction of sp³-hybridized carbons (Fsp3) is 0.0769. The Balaban J connectivity index is 1.93. The molecule has 0 bridgehead atoms. The summed E-state index contributed by atoms with van der Waals surface area (Å²) in [6.07, 6.45) is 5.72. The molecule has 0 aliphatic carbocycles. The van der Waals surface area contributed by atoms with Crippen molar-refractivity contribution in [3.8, 4) is 0 Å². The molecule has 0 spiro atoms. The number of pyridine rings is 1. The molecule has 0 atom stereocenters. The lowest BCUT2D eigenvalue weighted by atomic mass is 10.3. The first-order valence-corrected chi connectivity index (χ1v) is 6.42. The Bertz CT molecular complexity index is 710. The summed E-state index contributed by atoms with van der Waals surface area (Å²) < 4.78 is 2.15. The number of aromatic nitrogens is 2. The quantitative estimate of drug-likeness (QED) is 0.558. The first-order chi connectivity index (χ1) is 8.74. The lowest BCUT2D eigenvalue weighted by Crippen LogP contribution is -2.09. The predicted molar refractivity (Wildman–Crippen MR) is 74.2 cm³/mol. The minimum Gasteiger partial charge on any atom is -0.384 e. The molecule has 0 unspecified atom stereocenters. The molecule has 5 heteroatoms. The average molecular weight is 256 g/mol. The number of nitrogens with one attached hydrogen (secondary N) is 1. The van der Waals surface area contributed by atoms with Crippen LogP contribution >= 0.6 is 11.3 Å². The van der Waals surface area contributed by atoms with Gasteiger partial charge in [0.2, 0.25) is 0 Å². The molecule has 0 amide bonds. The van der Waals surface area contributed by atoms with Crippen molar-refractivity contribution in [2.75, 3.05) is 0 Å². The van der Waals surface area contributed by atoms with Crippen LogP contribution in [0.5, 0.6) is 0 Å². The third-order valence-corrected chi connectivity index (χ3v) is 3.79. The van der Waals surface area contributed by atoms with Crippen molar-refractivity contribution in [3.05, 3.63) is 52.6 Å². The maximum atomic E-state index is 7.40. The fourth-order valence-electron chi connectivity index (χ4n) is 1.94. The molecule has 90 valence electrons. The van der Waals surface area contributed by atoms with Gasteiger partial charge >= 0.3 is 0 Å². The number of thiophene rings is 1. The monoisotopic (exact) mass is 256 g/mol. The van der Waals surface area contributed by atoms with Gasteiger partial charge in [0.15, 0.2) is 0 Å². The van der Waals surface area contributed by atoms with Crippen molar-refractivity contribution >= 4 is 28.1 Å². The summed E-state index contributed by atoms with van der Waals surface area (Å²) in [5, 5.41) is 10.5. The second-order valence-corrected chi connectivity index (χ2v) is 5.09. The SMILES string of the molecule is N=C(N)c1csc(Cn2ccc3ccncc32)c1. The van der Waals surface area contributed by atoms with Gasteiger partial charge in [0.05, 0.1) is 18.3 Å². The van der Waals surface area contributed by atoms with E-state index in [1.54, 1.807) is 17.5 Å². The van der Waals surface area contributed by atoms with Crippen molar-refractivity contribution in [2.45, 2.75) is 6.54 Å². The van der Waals surface area contributed by atoms with Crippen LogP contribution in [0, 0.1) is 5.41 Å². The number of hydrogen-bond acceptors (Lipinski definition) is 3. The molecule has 0 radical (unpaired) electrons. The van der Waals surface area contributed by atoms with Crippen LogP contribution in [0.25, 0.3) is 10.9 Å². The average Bonchev–Trinajstić information content (AvgIpc) is 2.98. The van der Waals surface area contributed by atoms with E-state index in [9.17, 15) is 0 Å². The Hall–Kier alpha value is -2.14. The van der Waals surface area contributed by atoms with E-state index in [4.69, 9.17) is 11.1 Å². The van der Waals surface area contributed by atoms with Gasteiger partial charge in [-0.3, -0.25) is 10.4 Å². The van der Waals surface area contributed by atoms with Crippen LogP contribution in [-0.4, -0.2) is 15.4 Å². The molecule has 18 heavy (non-hydrogen) atoms. The Morgan fingerprint density at radius 2 is 2.33 bits per heavy atom. The van der Waals surface area contributed by atoms with E-state index >= 15 is 0 Å². The van der Waals surface area contributed by atoms with Crippen LogP contribution in [-0.2, 0) is 6.54 Å². The number of nitrogens with two attached hydrogens (primary N) is 1. The lowest BCUT2D eigenvalue weighted by Gasteiger charge is -2.02. The van der Waals surface area contributed by atoms with E-state index in [-0.39, 0.29) is 5.84 Å². The van der Waals surface area contributed by atoms with E-state index in [0.29, 0.717) is 0 Å². The molecule has 0 aliphatic heterocycles. The summed E-state index contributed by atoms with van der Waals surface area (Å²) in [5.74, 6) is 0.122. The topological polar surface area (TPSA) is 67.7 Å². The first-order valence-electron chi connectivity index (χ1n) is 5.55. The summed E-state index contributed by atoms with van der Waals surface area (Å²) in [4.78, 5) is 5.33. The molecular weight excluding hydrogens is 244 g/mol. The van der Waals surface area contributed by atoms with Crippen molar-refractivity contribution < 1.29 is 0 Å². The molecule has 0 fully saturated rings. The van der Waals surface area contributed by atoms with Crippen LogP contribution in [0.4, 0.5) is 0 Å². The number of amidine groups is 1. The van der Waals surface area contributed by atoms with E-state index in [2.05, 4.69) is 21.8 Å². The maximum absolute atomic E-state index is 7.40. The summed E-state index contributed by atoms with van der Waals surface area (Å²) in [7, 11) is 0. The number of fused-ring (bicyclic) bond motifs is 1. The molecule has 3 N–H and O–H groups in total. The van der Waals surface area contributed by atoms with E-state index in [1.165, 1.54) is 10.3 Å². The third kappa shape index (κ3) is 1.89. The van der Waals surface area contributed by atoms with E-state index in [1.807, 2.05) is 23.7 Å². The van der Waals surface area contributed by atoms with E-state index in [0.717, 1.165) is 17.6 Å². The summed E-state index contributed by atoms with van der Waals surface area (Å²) >= 11 is 1.62. The van der Waals surface area contributed by atoms with Crippen LogP contribution in [0.2, 0.25) is 0 Å². The molecule has 0 saturated carbocycles. The smallest absolute Gasteiger partial charge is 0.123 e. The molecule has 3 heterocycles. The van der Waals surface area contributed by atoms with Gasteiger partial charge in [0, 0.05) is 33.6 Å². The van der Waals surface area contributed by atoms with Crippen molar-refractivity contribution in [2.24, 2.45) is 5.73 Å². The molecule has 0 saturated heterocycles. The molecule has 0 aromatic carbocycles. The lowest BCUT2D eigenvalue weighted by molar-refractivity contribution is 0.849. The Morgan fingerprint density at radius 3 is 3.11 bits per heavy atom. The molecular formula is C13H12N4S. The van der Waals surface area contributed by atoms with Crippen LogP contribution in [0.3, 0.4) is 0 Å². The fourth-order valence-corrected chi connectivity index (χ4v) is 2.82. The van der Waals surface area contributed by atoms with Crippen LogP contribution in [0.15, 0.2) is 42.2 Å². The number of nitrogens with zero attached hydrogens (tertiary/aromatic N) is 2. The van der Waals surface area contributed by atoms with Gasteiger partial charge < -0.3 is 10.3 Å². The Kier molecular flexibility index (Phi) is 2.60. The second-order valence-electron chi connectivity index (χ2n) is 4.09. The van der Waals surface area contributed by atoms with Gasteiger partial charge in [-0.15, -0.1) is 11.3 Å². The number of hydrogen-bond donors (Lipinski definition) is 2. The highest BCUT2D eigenvalue weighted by atomic mass is 32.1. The second kappa shape index (κ2) is 4.27. The van der Waals surface area contributed by atoms with Gasteiger partial charge in [-0.2, -0.15) is 0 Å². The predicted octanol–water partition coefficient (Wildman–Crippen LogP) is 2.43. The van der Waals surface area contributed by atoms with Crippen molar-refractivity contribution in [3.63, 3.8) is 0 Å². The zero-order valence-electron chi connectivity index (χ0n) is 9.63. The normalized spacial score (nSPS) is 10.9. The minimum absolute atomic E-state index is 0.122. The zero-order valence-corrected chi connectivity index (χ0v) is 10.4. The summed E-state index contributed by atoms with van der Waals surface area (Å²) in [6.45, 7) is 0.785. The van der Waals surface area contributed by atoms with Gasteiger partial charge in [-0.1, -0.05) is 0 Å². The van der Waals surface area contributed by atoms with Gasteiger partial charge in [0.1, 0.15) is 5.84 Å². The highest BCUT2D eigenvalue weighted by molar-refractivity contribution is 7.10. The summed E-state index contributed by atoms with van der Waals surface area (Å²) in [5.41, 5.74) is 7.38. The highest BCUT2D eigenvalue weighted by Gasteiger charge is 2.05. The first kappa shape index (κ1) is 11.0. The van der Waals surface area contributed by atoms with E-state index < -0.39 is 0 Å². The van der Waals surface area contributed by atoms with Gasteiger partial charge in [-0.25, -0.2) is 0 Å². The van der Waals surface area contributed by atoms with Gasteiger partial charge in [0.25, 0.3) is 0 Å². The molecule has 0 aliphatic rings. The highest BCUT2D eigenvalue weighted by Crippen LogP contribution is 2.19. The maximum Gasteiger partial charge on any atom is 0.123 e. The molecule has 3 rings (SSSR count). The summed E-state index contributed by atoms with van der Waals surface area (Å²) in [6, 6.07) is 6.05. The largest absolute Gasteiger partial charge is 0.384 e. The van der Waals surface area contributed by atoms with Crippen molar-refractivity contribution in [1.29, 1.82) is 5.41 Å². The van der Waals surface area contributed by atoms with Crippen molar-refractivity contribution in [1.82, 2.24) is 9.55 Å². The Morgan fingerprint density at radius 1 is 1.44 bits per heavy atom. The molecule has 4 nitrogen and oxygen atoms in total. The third-order valence-electron chi connectivity index (χ3n) is 2.87. The standard InChI is InChI=1S/C13H12N4S/c14-13(15)10-5-11(18-8-10)7-17-4-2-9-1-3-16-6-12(9)17/h1-6,8H,7H2,(H3,14,15). The van der Waals surface area contributed by atoms with Crippen LogP contribution < -0.4 is 5.73 Å². The zero-order chi connectivity index (χ0) is 12.5. The number of nitrogen functional groups attached to an aromatic ring is 1. The number of rotatable bonds is 3. The van der Waals surface area contributed by atoms with Gasteiger partial charge in [-0.05, 0) is 18.2 Å². The molecule has 3 aromatic heterocycles. The molecule has 3 aromatic rings. The minimum atomic E-state index is 0.122. The van der Waals surface area contributed by atoms with Crippen LogP contribution in [0.1, 0.15) is 10.4 Å². The Labute approximate surface area is 108 Å².